The Labute approximate surface area is 221 Å². The third-order valence-electron chi connectivity index (χ3n) is 6.15. The predicted molar refractivity (Wildman–Crippen MR) is 144 cm³/mol. The number of halogens is 1. The van der Waals surface area contributed by atoms with Crippen molar-refractivity contribution in [3.63, 3.8) is 0 Å². The summed E-state index contributed by atoms with van der Waals surface area (Å²) in [5.41, 5.74) is 2.70. The second kappa shape index (κ2) is 11.6. The van der Waals surface area contributed by atoms with Crippen LogP contribution >= 0.6 is 11.6 Å². The van der Waals surface area contributed by atoms with Gasteiger partial charge in [-0.2, -0.15) is 5.10 Å². The van der Waals surface area contributed by atoms with Gasteiger partial charge in [-0.1, -0.05) is 11.6 Å². The van der Waals surface area contributed by atoms with Crippen molar-refractivity contribution in [3.05, 3.63) is 52.3 Å². The zero-order valence-electron chi connectivity index (χ0n) is 20.9. The highest BCUT2D eigenvalue weighted by molar-refractivity contribution is 7.92. The van der Waals surface area contributed by atoms with Gasteiger partial charge in [-0.25, -0.2) is 17.9 Å². The molecule has 1 unspecified atom stereocenters. The third kappa shape index (κ3) is 6.69. The molecule has 3 heterocycles. The molecule has 3 aromatic rings. The van der Waals surface area contributed by atoms with Gasteiger partial charge in [-0.15, -0.1) is 0 Å². The zero-order chi connectivity index (χ0) is 26.6. The summed E-state index contributed by atoms with van der Waals surface area (Å²) in [5.74, 6) is 0.439. The first-order valence-electron chi connectivity index (χ1n) is 12.2. The lowest BCUT2D eigenvalue weighted by molar-refractivity contribution is 0.0607. The van der Waals surface area contributed by atoms with Crippen LogP contribution in [0.5, 0.6) is 0 Å². The summed E-state index contributed by atoms with van der Waals surface area (Å²) >= 11 is 6.18. The van der Waals surface area contributed by atoms with Gasteiger partial charge in [-0.05, 0) is 44.4 Å². The van der Waals surface area contributed by atoms with E-state index in [0.717, 1.165) is 42.6 Å². The van der Waals surface area contributed by atoms with Crippen molar-refractivity contribution >= 4 is 44.7 Å². The van der Waals surface area contributed by atoms with Crippen LogP contribution in [0.15, 0.2) is 30.5 Å². The van der Waals surface area contributed by atoms with Crippen LogP contribution in [0.2, 0.25) is 5.02 Å². The van der Waals surface area contributed by atoms with E-state index in [2.05, 4.69) is 15.4 Å². The normalized spacial score (nSPS) is 16.2. The van der Waals surface area contributed by atoms with E-state index in [-0.39, 0.29) is 29.8 Å². The monoisotopic (exact) mass is 549 g/mol. The van der Waals surface area contributed by atoms with E-state index in [1.165, 1.54) is 12.1 Å². The second-order valence-corrected chi connectivity index (χ2v) is 11.3. The van der Waals surface area contributed by atoms with Gasteiger partial charge in [0.1, 0.15) is 5.82 Å². The standard InChI is InChI=1S/C24H32ClN7O4S/c1-16-15-32-22(28-23(16)27-9-8-26-10-12-33)14-20(29-32)21-5-3-4-11-31(21)24(34)18-13-17(25)6-7-19(18)30-37(2,35)36/h6-7,13-15,21,26,30,33H,3-5,8-12H2,1-2H3,(H,27,28). The van der Waals surface area contributed by atoms with Crippen molar-refractivity contribution < 1.29 is 18.3 Å². The van der Waals surface area contributed by atoms with Crippen LogP contribution in [0.25, 0.3) is 5.65 Å². The smallest absolute Gasteiger partial charge is 0.256 e. The minimum atomic E-state index is -3.59. The number of aliphatic hydroxyl groups excluding tert-OH is 1. The van der Waals surface area contributed by atoms with Gasteiger partial charge in [0.05, 0.1) is 35.8 Å². The third-order valence-corrected chi connectivity index (χ3v) is 6.97. The van der Waals surface area contributed by atoms with E-state index in [9.17, 15) is 13.2 Å². The first kappa shape index (κ1) is 27.1. The molecule has 2 aromatic heterocycles. The number of likely N-dealkylation sites (tertiary alicyclic amines) is 1. The Morgan fingerprint density at radius 2 is 2.03 bits per heavy atom. The highest BCUT2D eigenvalue weighted by atomic mass is 35.5. The Morgan fingerprint density at radius 3 is 2.78 bits per heavy atom. The highest BCUT2D eigenvalue weighted by Crippen LogP contribution is 2.34. The number of fused-ring (bicyclic) bond motifs is 1. The Morgan fingerprint density at radius 1 is 1.22 bits per heavy atom. The van der Waals surface area contributed by atoms with Crippen molar-refractivity contribution in [2.24, 2.45) is 0 Å². The quantitative estimate of drug-likeness (QED) is 0.283. The van der Waals surface area contributed by atoms with E-state index < -0.39 is 10.0 Å². The Hall–Kier alpha value is -2.93. The maximum atomic E-state index is 13.7. The molecule has 1 fully saturated rings. The minimum absolute atomic E-state index is 0.0926. The summed E-state index contributed by atoms with van der Waals surface area (Å²) in [4.78, 5) is 20.2. The van der Waals surface area contributed by atoms with Crippen molar-refractivity contribution in [3.8, 4) is 0 Å². The number of benzene rings is 1. The van der Waals surface area contributed by atoms with Crippen molar-refractivity contribution in [2.75, 3.05) is 49.1 Å². The molecule has 4 N–H and O–H groups in total. The fourth-order valence-electron chi connectivity index (χ4n) is 4.46. The van der Waals surface area contributed by atoms with Crippen LogP contribution in [0, 0.1) is 6.92 Å². The van der Waals surface area contributed by atoms with Gasteiger partial charge in [0.15, 0.2) is 5.65 Å². The van der Waals surface area contributed by atoms with Crippen LogP contribution in [0.3, 0.4) is 0 Å². The number of nitrogens with zero attached hydrogens (tertiary/aromatic N) is 4. The molecule has 200 valence electrons. The lowest BCUT2D eigenvalue weighted by Crippen LogP contribution is -2.39. The molecule has 1 atom stereocenters. The summed E-state index contributed by atoms with van der Waals surface area (Å²) in [7, 11) is -3.59. The van der Waals surface area contributed by atoms with Gasteiger partial charge in [-0.3, -0.25) is 9.52 Å². The maximum Gasteiger partial charge on any atom is 0.256 e. The molecule has 0 aliphatic carbocycles. The summed E-state index contributed by atoms with van der Waals surface area (Å²) in [6, 6.07) is 6.14. The summed E-state index contributed by atoms with van der Waals surface area (Å²) < 4.78 is 27.9. The number of anilines is 2. The molecular formula is C24H32ClN7O4S. The second-order valence-electron chi connectivity index (χ2n) is 9.12. The average molecular weight is 550 g/mol. The number of carbonyl (C=O) groups is 1. The molecule has 1 amide bonds. The number of rotatable bonds is 10. The molecule has 1 aliphatic heterocycles. The van der Waals surface area contributed by atoms with Crippen LogP contribution in [-0.2, 0) is 10.0 Å². The fourth-order valence-corrected chi connectivity index (χ4v) is 5.21. The van der Waals surface area contributed by atoms with Crippen LogP contribution in [0.4, 0.5) is 11.5 Å². The molecule has 11 nitrogen and oxygen atoms in total. The fraction of sp³-hybridized carbons (Fsp3) is 0.458. The van der Waals surface area contributed by atoms with Gasteiger partial charge in [0, 0.05) is 49.0 Å². The lowest BCUT2D eigenvalue weighted by atomic mass is 9.98. The Balaban J connectivity index is 1.60. The first-order chi connectivity index (χ1) is 17.7. The van der Waals surface area contributed by atoms with E-state index in [4.69, 9.17) is 26.8 Å². The molecule has 0 radical (unpaired) electrons. The summed E-state index contributed by atoms with van der Waals surface area (Å²) in [6.07, 6.45) is 5.44. The number of nitrogens with one attached hydrogen (secondary N) is 3. The van der Waals surface area contributed by atoms with Crippen molar-refractivity contribution in [1.29, 1.82) is 0 Å². The molecule has 0 saturated carbocycles. The number of amides is 1. The first-order valence-corrected chi connectivity index (χ1v) is 14.4. The van der Waals surface area contributed by atoms with E-state index >= 15 is 0 Å². The molecule has 1 aromatic carbocycles. The van der Waals surface area contributed by atoms with Crippen LogP contribution < -0.4 is 15.4 Å². The summed E-state index contributed by atoms with van der Waals surface area (Å²) in [5, 5.41) is 20.4. The zero-order valence-corrected chi connectivity index (χ0v) is 22.4. The van der Waals surface area contributed by atoms with Gasteiger partial charge in [0.25, 0.3) is 5.91 Å². The number of hydrogen-bond acceptors (Lipinski definition) is 8. The highest BCUT2D eigenvalue weighted by Gasteiger charge is 2.32. The summed E-state index contributed by atoms with van der Waals surface area (Å²) in [6.45, 7) is 4.44. The lowest BCUT2D eigenvalue weighted by Gasteiger charge is -2.35. The number of aromatic nitrogens is 3. The molecule has 0 spiro atoms. The molecule has 1 aliphatic rings. The predicted octanol–water partition coefficient (Wildman–Crippen LogP) is 2.42. The molecule has 4 rings (SSSR count). The number of piperidine rings is 1. The molecule has 1 saturated heterocycles. The molecule has 37 heavy (non-hydrogen) atoms. The van der Waals surface area contributed by atoms with Crippen LogP contribution in [-0.4, -0.2) is 78.0 Å². The number of hydrogen-bond donors (Lipinski definition) is 4. The van der Waals surface area contributed by atoms with Crippen molar-refractivity contribution in [1.82, 2.24) is 24.8 Å². The van der Waals surface area contributed by atoms with E-state index in [0.29, 0.717) is 36.8 Å². The number of carbonyl (C=O) groups excluding carboxylic acids is 1. The Bertz CT molecular complexity index is 1380. The Kier molecular flexibility index (Phi) is 8.53. The number of aryl methyl sites for hydroxylation is 1. The van der Waals surface area contributed by atoms with Gasteiger partial charge < -0.3 is 20.6 Å². The van der Waals surface area contributed by atoms with E-state index in [1.807, 2.05) is 19.2 Å². The molecule has 13 heteroatoms. The van der Waals surface area contributed by atoms with E-state index in [1.54, 1.807) is 15.5 Å². The molecule has 0 bridgehead atoms. The van der Waals surface area contributed by atoms with Crippen molar-refractivity contribution in [2.45, 2.75) is 32.2 Å². The van der Waals surface area contributed by atoms with Gasteiger partial charge >= 0.3 is 0 Å². The SMILES string of the molecule is Cc1cn2nc(C3CCCCN3C(=O)c3cc(Cl)ccc3NS(C)(=O)=O)cc2nc1NCCNCCO. The maximum absolute atomic E-state index is 13.7. The van der Waals surface area contributed by atoms with Gasteiger partial charge in [0.2, 0.25) is 10.0 Å². The number of sulfonamides is 1. The average Bonchev–Trinajstić information content (AvgIpc) is 3.26. The number of aliphatic hydroxyl groups is 1. The minimum Gasteiger partial charge on any atom is -0.395 e. The van der Waals surface area contributed by atoms with Crippen LogP contribution in [0.1, 0.15) is 46.9 Å². The molecular weight excluding hydrogens is 518 g/mol. The topological polar surface area (TPSA) is 141 Å². The largest absolute Gasteiger partial charge is 0.395 e.